The van der Waals surface area contributed by atoms with E-state index < -0.39 is 11.6 Å². The van der Waals surface area contributed by atoms with Crippen molar-refractivity contribution in [2.45, 2.75) is 103 Å². The SMILES string of the molecule is CCCCCC1CCc2cc(C3CCC(CCC)CC3)c(F)c(F)c2O1. The highest BCUT2D eigenvalue weighted by Crippen LogP contribution is 2.42. The van der Waals surface area contributed by atoms with Crippen LogP contribution < -0.4 is 4.74 Å². The van der Waals surface area contributed by atoms with E-state index in [2.05, 4.69) is 13.8 Å². The minimum Gasteiger partial charge on any atom is -0.487 e. The van der Waals surface area contributed by atoms with Crippen molar-refractivity contribution >= 4 is 0 Å². The molecule has 1 atom stereocenters. The molecular weight excluding hydrogens is 330 g/mol. The van der Waals surface area contributed by atoms with E-state index in [1.54, 1.807) is 0 Å². The van der Waals surface area contributed by atoms with Crippen molar-refractivity contribution in [2.24, 2.45) is 5.92 Å². The number of halogens is 2. The molecule has 0 amide bonds. The van der Waals surface area contributed by atoms with Gasteiger partial charge in [-0.1, -0.05) is 39.5 Å². The van der Waals surface area contributed by atoms with Crippen LogP contribution in [0.3, 0.4) is 0 Å². The van der Waals surface area contributed by atoms with Gasteiger partial charge in [-0.15, -0.1) is 0 Å². The van der Waals surface area contributed by atoms with Crippen LogP contribution in [0.5, 0.6) is 5.75 Å². The van der Waals surface area contributed by atoms with Gasteiger partial charge in [-0.05, 0) is 80.4 Å². The summed E-state index contributed by atoms with van der Waals surface area (Å²) in [7, 11) is 0. The molecule has 0 radical (unpaired) electrons. The molecular formula is C23H34F2O. The lowest BCUT2D eigenvalue weighted by molar-refractivity contribution is 0.150. The van der Waals surface area contributed by atoms with Crippen LogP contribution in [-0.4, -0.2) is 6.10 Å². The predicted octanol–water partition coefficient (Wildman–Crippen LogP) is 7.31. The Morgan fingerprint density at radius 1 is 0.923 bits per heavy atom. The summed E-state index contributed by atoms with van der Waals surface area (Å²) in [5.41, 5.74) is 1.48. The Balaban J connectivity index is 1.70. The molecule has 0 aromatic heterocycles. The van der Waals surface area contributed by atoms with Gasteiger partial charge in [0.15, 0.2) is 11.6 Å². The molecule has 1 heterocycles. The summed E-state index contributed by atoms with van der Waals surface area (Å²) in [5, 5.41) is 0. The predicted molar refractivity (Wildman–Crippen MR) is 103 cm³/mol. The third-order valence-electron chi connectivity index (χ3n) is 6.40. The first-order valence-electron chi connectivity index (χ1n) is 10.8. The van der Waals surface area contributed by atoms with Crippen molar-refractivity contribution < 1.29 is 13.5 Å². The Morgan fingerprint density at radius 2 is 1.69 bits per heavy atom. The minimum atomic E-state index is -0.742. The molecule has 0 saturated heterocycles. The molecule has 1 unspecified atom stereocenters. The van der Waals surface area contributed by atoms with Crippen LogP contribution >= 0.6 is 0 Å². The highest BCUT2D eigenvalue weighted by Gasteiger charge is 2.30. The lowest BCUT2D eigenvalue weighted by Gasteiger charge is -2.31. The summed E-state index contributed by atoms with van der Waals surface area (Å²) in [6.45, 7) is 4.39. The molecule has 2 aliphatic rings. The topological polar surface area (TPSA) is 9.23 Å². The van der Waals surface area contributed by atoms with E-state index in [0.717, 1.165) is 69.3 Å². The van der Waals surface area contributed by atoms with Crippen LogP contribution in [0.2, 0.25) is 0 Å². The van der Waals surface area contributed by atoms with Gasteiger partial charge in [-0.2, -0.15) is 4.39 Å². The normalized spacial score (nSPS) is 25.6. The Bertz CT molecular complexity index is 590. The number of ether oxygens (including phenoxy) is 1. The van der Waals surface area contributed by atoms with E-state index in [9.17, 15) is 8.78 Å². The number of hydrogen-bond acceptors (Lipinski definition) is 1. The van der Waals surface area contributed by atoms with Crippen molar-refractivity contribution in [1.82, 2.24) is 0 Å². The molecule has 26 heavy (non-hydrogen) atoms. The molecule has 1 aromatic rings. The smallest absolute Gasteiger partial charge is 0.201 e. The summed E-state index contributed by atoms with van der Waals surface area (Å²) in [6.07, 6.45) is 12.9. The zero-order valence-corrected chi connectivity index (χ0v) is 16.5. The molecule has 3 rings (SSSR count). The Labute approximate surface area is 157 Å². The maximum atomic E-state index is 14.8. The zero-order valence-electron chi connectivity index (χ0n) is 16.5. The van der Waals surface area contributed by atoms with Crippen molar-refractivity contribution in [3.8, 4) is 5.75 Å². The second-order valence-electron chi connectivity index (χ2n) is 8.36. The first-order chi connectivity index (χ1) is 12.6. The van der Waals surface area contributed by atoms with E-state index in [0.29, 0.717) is 5.56 Å². The molecule has 3 heteroatoms. The first-order valence-corrected chi connectivity index (χ1v) is 10.8. The van der Waals surface area contributed by atoms with Crippen LogP contribution in [0, 0.1) is 17.6 Å². The molecule has 146 valence electrons. The van der Waals surface area contributed by atoms with Gasteiger partial charge < -0.3 is 4.74 Å². The summed E-state index contributed by atoms with van der Waals surface area (Å²) < 4.78 is 35.4. The summed E-state index contributed by atoms with van der Waals surface area (Å²) in [5.74, 6) is -0.261. The van der Waals surface area contributed by atoms with E-state index in [1.165, 1.54) is 19.3 Å². The largest absolute Gasteiger partial charge is 0.487 e. The quantitative estimate of drug-likeness (QED) is 0.461. The second-order valence-corrected chi connectivity index (χ2v) is 8.36. The lowest BCUT2D eigenvalue weighted by Crippen LogP contribution is -2.24. The second kappa shape index (κ2) is 9.19. The number of aryl methyl sites for hydroxylation is 1. The standard InChI is InChI=1S/C23H34F2O/c1-3-5-6-8-19-14-13-18-15-20(21(24)22(25)23(18)26-19)17-11-9-16(7-4-2)10-12-17/h15-17,19H,3-14H2,1-2H3. The Morgan fingerprint density at radius 3 is 2.38 bits per heavy atom. The van der Waals surface area contributed by atoms with Crippen molar-refractivity contribution in [3.63, 3.8) is 0 Å². The van der Waals surface area contributed by atoms with Gasteiger partial charge in [0, 0.05) is 0 Å². The highest BCUT2D eigenvalue weighted by atomic mass is 19.2. The number of hydrogen-bond donors (Lipinski definition) is 0. The monoisotopic (exact) mass is 364 g/mol. The molecule has 1 aliphatic heterocycles. The summed E-state index contributed by atoms with van der Waals surface area (Å²) in [6, 6.07) is 1.92. The van der Waals surface area contributed by atoms with Crippen LogP contribution in [-0.2, 0) is 6.42 Å². The van der Waals surface area contributed by atoms with Gasteiger partial charge in [-0.25, -0.2) is 4.39 Å². The van der Waals surface area contributed by atoms with Crippen LogP contribution in [0.15, 0.2) is 6.07 Å². The number of fused-ring (bicyclic) bond motifs is 1. The van der Waals surface area contributed by atoms with Crippen LogP contribution in [0.25, 0.3) is 0 Å². The zero-order chi connectivity index (χ0) is 18.5. The molecule has 0 spiro atoms. The molecule has 1 saturated carbocycles. The van der Waals surface area contributed by atoms with Crippen LogP contribution in [0.4, 0.5) is 8.78 Å². The van der Waals surface area contributed by atoms with Gasteiger partial charge in [0.05, 0.1) is 6.10 Å². The van der Waals surface area contributed by atoms with Gasteiger partial charge in [0.2, 0.25) is 5.82 Å². The maximum absolute atomic E-state index is 14.8. The highest BCUT2D eigenvalue weighted by molar-refractivity contribution is 5.42. The molecule has 0 N–H and O–H groups in total. The lowest BCUT2D eigenvalue weighted by atomic mass is 9.76. The first kappa shape index (κ1) is 19.6. The van der Waals surface area contributed by atoms with Gasteiger partial charge >= 0.3 is 0 Å². The molecule has 1 nitrogen and oxygen atoms in total. The van der Waals surface area contributed by atoms with E-state index in [1.807, 2.05) is 6.07 Å². The summed E-state index contributed by atoms with van der Waals surface area (Å²) in [4.78, 5) is 0. The van der Waals surface area contributed by atoms with E-state index >= 15 is 0 Å². The average Bonchev–Trinajstić information content (AvgIpc) is 2.66. The van der Waals surface area contributed by atoms with E-state index in [-0.39, 0.29) is 17.8 Å². The fourth-order valence-corrected chi connectivity index (χ4v) is 4.83. The number of benzene rings is 1. The van der Waals surface area contributed by atoms with Crippen molar-refractivity contribution in [2.75, 3.05) is 0 Å². The third kappa shape index (κ3) is 4.40. The number of unbranched alkanes of at least 4 members (excludes halogenated alkanes) is 2. The molecule has 1 fully saturated rings. The van der Waals surface area contributed by atoms with Crippen molar-refractivity contribution in [1.29, 1.82) is 0 Å². The third-order valence-corrected chi connectivity index (χ3v) is 6.40. The maximum Gasteiger partial charge on any atom is 0.201 e. The Hall–Kier alpha value is -1.12. The summed E-state index contributed by atoms with van der Waals surface area (Å²) >= 11 is 0. The van der Waals surface area contributed by atoms with Gasteiger partial charge in [0.1, 0.15) is 0 Å². The van der Waals surface area contributed by atoms with Crippen LogP contribution in [0.1, 0.15) is 102 Å². The minimum absolute atomic E-state index is 0.0401. The van der Waals surface area contributed by atoms with Crippen molar-refractivity contribution in [3.05, 3.63) is 28.8 Å². The fraction of sp³-hybridized carbons (Fsp3) is 0.739. The van der Waals surface area contributed by atoms with E-state index in [4.69, 9.17) is 4.74 Å². The number of rotatable bonds is 7. The Kier molecular flexibility index (Phi) is 6.94. The van der Waals surface area contributed by atoms with Gasteiger partial charge in [-0.3, -0.25) is 0 Å². The fourth-order valence-electron chi connectivity index (χ4n) is 4.83. The average molecular weight is 365 g/mol. The molecule has 1 aromatic carbocycles. The molecule has 1 aliphatic carbocycles. The molecule has 0 bridgehead atoms. The van der Waals surface area contributed by atoms with Gasteiger partial charge in [0.25, 0.3) is 0 Å².